The number of benzene rings is 2. The highest BCUT2D eigenvalue weighted by Crippen LogP contribution is 2.18. The molecule has 1 fully saturated rings. The molecule has 1 heterocycles. The van der Waals surface area contributed by atoms with Gasteiger partial charge in [0.05, 0.1) is 12.5 Å². The molecule has 140 valence electrons. The van der Waals surface area contributed by atoms with E-state index in [9.17, 15) is 4.79 Å². The Morgan fingerprint density at radius 2 is 1.96 bits per heavy atom. The fourth-order valence-electron chi connectivity index (χ4n) is 3.65. The summed E-state index contributed by atoms with van der Waals surface area (Å²) < 4.78 is 0. The van der Waals surface area contributed by atoms with Crippen LogP contribution in [0.1, 0.15) is 46.8 Å². The lowest BCUT2D eigenvalue weighted by Crippen LogP contribution is -2.33. The maximum Gasteiger partial charge on any atom is 0.251 e. The Morgan fingerprint density at radius 3 is 2.70 bits per heavy atom. The number of likely N-dealkylation sites (tertiary alicyclic amines) is 1. The molecule has 1 saturated heterocycles. The SMILES string of the molecule is CC1CCCN(Cc2ccc(CNC(=O)c3cccc(CC#N)c3)cc2)C1. The molecule has 0 spiro atoms. The van der Waals surface area contributed by atoms with E-state index < -0.39 is 0 Å². The molecule has 0 radical (unpaired) electrons. The molecular formula is C23H27N3O. The number of carbonyl (C=O) groups is 1. The summed E-state index contributed by atoms with van der Waals surface area (Å²) in [5.41, 5.74) is 3.87. The molecule has 27 heavy (non-hydrogen) atoms. The van der Waals surface area contributed by atoms with E-state index in [2.05, 4.69) is 47.5 Å². The van der Waals surface area contributed by atoms with E-state index in [1.807, 2.05) is 12.1 Å². The first-order valence-corrected chi connectivity index (χ1v) is 9.68. The van der Waals surface area contributed by atoms with Gasteiger partial charge < -0.3 is 5.32 Å². The Bertz CT molecular complexity index is 807. The molecule has 1 atom stereocenters. The van der Waals surface area contributed by atoms with Gasteiger partial charge >= 0.3 is 0 Å². The van der Waals surface area contributed by atoms with E-state index in [-0.39, 0.29) is 5.91 Å². The number of nitrogens with zero attached hydrogens (tertiary/aromatic N) is 2. The molecule has 1 N–H and O–H groups in total. The molecule has 4 nitrogen and oxygen atoms in total. The average molecular weight is 361 g/mol. The molecule has 2 aromatic rings. The summed E-state index contributed by atoms with van der Waals surface area (Å²) in [6, 6.07) is 17.9. The predicted molar refractivity (Wildman–Crippen MR) is 107 cm³/mol. The first-order chi connectivity index (χ1) is 13.1. The molecule has 1 amide bonds. The van der Waals surface area contributed by atoms with Crippen LogP contribution in [0.15, 0.2) is 48.5 Å². The van der Waals surface area contributed by atoms with Crippen LogP contribution in [0.2, 0.25) is 0 Å². The van der Waals surface area contributed by atoms with Crippen LogP contribution < -0.4 is 5.32 Å². The van der Waals surface area contributed by atoms with Crippen molar-refractivity contribution in [3.8, 4) is 6.07 Å². The van der Waals surface area contributed by atoms with E-state index in [4.69, 9.17) is 5.26 Å². The van der Waals surface area contributed by atoms with Gasteiger partial charge in [0.25, 0.3) is 5.91 Å². The third kappa shape index (κ3) is 5.67. The van der Waals surface area contributed by atoms with Gasteiger partial charge in [0.15, 0.2) is 0 Å². The van der Waals surface area contributed by atoms with Crippen LogP contribution in [0.25, 0.3) is 0 Å². The highest BCUT2D eigenvalue weighted by molar-refractivity contribution is 5.94. The van der Waals surface area contributed by atoms with Gasteiger partial charge in [-0.1, -0.05) is 43.3 Å². The highest BCUT2D eigenvalue weighted by atomic mass is 16.1. The Kier molecular flexibility index (Phi) is 6.62. The van der Waals surface area contributed by atoms with Crippen LogP contribution in [0.3, 0.4) is 0 Å². The van der Waals surface area contributed by atoms with Crippen LogP contribution in [0, 0.1) is 17.2 Å². The van der Waals surface area contributed by atoms with E-state index in [0.717, 1.165) is 23.6 Å². The molecule has 0 bridgehead atoms. The van der Waals surface area contributed by atoms with Gasteiger partial charge in [0, 0.05) is 25.2 Å². The predicted octanol–water partition coefficient (Wildman–Crippen LogP) is 3.91. The quantitative estimate of drug-likeness (QED) is 0.848. The van der Waals surface area contributed by atoms with E-state index in [1.54, 1.807) is 12.1 Å². The second-order valence-corrected chi connectivity index (χ2v) is 7.52. The Morgan fingerprint density at radius 1 is 1.19 bits per heavy atom. The van der Waals surface area contributed by atoms with Gasteiger partial charge in [-0.15, -0.1) is 0 Å². The van der Waals surface area contributed by atoms with Crippen molar-refractivity contribution in [2.45, 2.75) is 39.3 Å². The number of rotatable bonds is 6. The lowest BCUT2D eigenvalue weighted by Gasteiger charge is -2.30. The number of hydrogen-bond acceptors (Lipinski definition) is 3. The fourth-order valence-corrected chi connectivity index (χ4v) is 3.65. The Balaban J connectivity index is 1.52. The van der Waals surface area contributed by atoms with Gasteiger partial charge in [-0.25, -0.2) is 0 Å². The molecule has 4 heteroatoms. The third-order valence-electron chi connectivity index (χ3n) is 5.10. The van der Waals surface area contributed by atoms with Gasteiger partial charge in [-0.3, -0.25) is 9.69 Å². The molecule has 0 aromatic heterocycles. The number of hydrogen-bond donors (Lipinski definition) is 1. The minimum atomic E-state index is -0.110. The molecule has 2 aromatic carbocycles. The minimum Gasteiger partial charge on any atom is -0.348 e. The van der Waals surface area contributed by atoms with Crippen molar-refractivity contribution in [3.63, 3.8) is 0 Å². The van der Waals surface area contributed by atoms with Crippen LogP contribution in [-0.2, 0) is 19.5 Å². The summed E-state index contributed by atoms with van der Waals surface area (Å²) in [6.07, 6.45) is 2.95. The van der Waals surface area contributed by atoms with Crippen molar-refractivity contribution in [2.24, 2.45) is 5.92 Å². The van der Waals surface area contributed by atoms with Gasteiger partial charge in [0.2, 0.25) is 0 Å². The van der Waals surface area contributed by atoms with Crippen LogP contribution in [-0.4, -0.2) is 23.9 Å². The zero-order valence-corrected chi connectivity index (χ0v) is 15.9. The van der Waals surface area contributed by atoms with E-state index in [1.165, 1.54) is 31.5 Å². The van der Waals surface area contributed by atoms with Gasteiger partial charge in [0.1, 0.15) is 0 Å². The van der Waals surface area contributed by atoms with Crippen molar-refractivity contribution < 1.29 is 4.79 Å². The second-order valence-electron chi connectivity index (χ2n) is 7.52. The molecular weight excluding hydrogens is 334 g/mol. The largest absolute Gasteiger partial charge is 0.348 e. The number of amides is 1. The van der Waals surface area contributed by atoms with Crippen LogP contribution in [0.4, 0.5) is 0 Å². The van der Waals surface area contributed by atoms with Crippen molar-refractivity contribution in [3.05, 3.63) is 70.8 Å². The highest BCUT2D eigenvalue weighted by Gasteiger charge is 2.16. The first kappa shape index (κ1) is 19.1. The number of nitrogens with one attached hydrogen (secondary N) is 1. The lowest BCUT2D eigenvalue weighted by atomic mass is 9.99. The molecule has 1 aliphatic rings. The zero-order valence-electron chi connectivity index (χ0n) is 15.9. The minimum absolute atomic E-state index is 0.110. The smallest absolute Gasteiger partial charge is 0.251 e. The van der Waals surface area contributed by atoms with Crippen LogP contribution in [0.5, 0.6) is 0 Å². The third-order valence-corrected chi connectivity index (χ3v) is 5.10. The molecule has 0 aliphatic carbocycles. The van der Waals surface area contributed by atoms with Crippen molar-refractivity contribution in [1.29, 1.82) is 5.26 Å². The molecule has 1 aliphatic heterocycles. The van der Waals surface area contributed by atoms with Crippen molar-refractivity contribution >= 4 is 5.91 Å². The molecule has 0 saturated carbocycles. The van der Waals surface area contributed by atoms with Crippen molar-refractivity contribution in [1.82, 2.24) is 10.2 Å². The Hall–Kier alpha value is -2.64. The Labute approximate surface area is 161 Å². The van der Waals surface area contributed by atoms with Crippen LogP contribution >= 0.6 is 0 Å². The maximum absolute atomic E-state index is 12.3. The maximum atomic E-state index is 12.3. The summed E-state index contributed by atoms with van der Waals surface area (Å²) >= 11 is 0. The first-order valence-electron chi connectivity index (χ1n) is 9.68. The summed E-state index contributed by atoms with van der Waals surface area (Å²) in [5.74, 6) is 0.682. The number of piperidine rings is 1. The summed E-state index contributed by atoms with van der Waals surface area (Å²) in [5, 5.41) is 11.7. The van der Waals surface area contributed by atoms with Crippen molar-refractivity contribution in [2.75, 3.05) is 13.1 Å². The summed E-state index contributed by atoms with van der Waals surface area (Å²) in [4.78, 5) is 14.9. The number of carbonyl (C=O) groups excluding carboxylic acids is 1. The van der Waals surface area contributed by atoms with E-state index >= 15 is 0 Å². The monoisotopic (exact) mass is 361 g/mol. The second kappa shape index (κ2) is 9.34. The fraction of sp³-hybridized carbons (Fsp3) is 0.391. The lowest BCUT2D eigenvalue weighted by molar-refractivity contribution is 0.0951. The topological polar surface area (TPSA) is 56.1 Å². The normalized spacial score (nSPS) is 17.3. The molecule has 3 rings (SSSR count). The summed E-state index contributed by atoms with van der Waals surface area (Å²) in [6.45, 7) is 6.20. The standard InChI is InChI=1S/C23H27N3O/c1-18-4-3-13-26(16-18)17-21-9-7-20(8-10-21)15-25-23(27)22-6-2-5-19(14-22)11-12-24/h2,5-10,14,18H,3-4,11,13,15-17H2,1H3,(H,25,27). The van der Waals surface area contributed by atoms with E-state index in [0.29, 0.717) is 18.5 Å². The summed E-state index contributed by atoms with van der Waals surface area (Å²) in [7, 11) is 0. The van der Waals surface area contributed by atoms with Gasteiger partial charge in [-0.2, -0.15) is 5.26 Å². The molecule has 1 unspecified atom stereocenters. The zero-order chi connectivity index (χ0) is 19.1. The van der Waals surface area contributed by atoms with Gasteiger partial charge in [-0.05, 0) is 54.1 Å². The average Bonchev–Trinajstić information content (AvgIpc) is 2.68. The number of nitriles is 1.